The molecule has 3 rings (SSSR count). The molecular weight excluding hydrogens is 361 g/mol. The van der Waals surface area contributed by atoms with Gasteiger partial charge >= 0.3 is 0 Å². The largest absolute Gasteiger partial charge is 0.341 e. The molecule has 0 fully saturated rings. The molecule has 1 N–H and O–H groups in total. The number of halogens is 2. The van der Waals surface area contributed by atoms with Gasteiger partial charge in [0, 0.05) is 16.1 Å². The minimum absolute atomic E-state index is 0.125. The average Bonchev–Trinajstić information content (AvgIpc) is 3.04. The summed E-state index contributed by atoms with van der Waals surface area (Å²) in [5.74, 6) is -0.488. The monoisotopic (exact) mass is 393 g/mol. The first-order chi connectivity index (χ1) is 12.9. The highest BCUT2D eigenvalue weighted by molar-refractivity contribution is 6.31. The molecule has 1 amide bonds. The molecule has 0 unspecified atom stereocenters. The van der Waals surface area contributed by atoms with E-state index in [1.54, 1.807) is 0 Å². The summed E-state index contributed by atoms with van der Waals surface area (Å²) in [6.45, 7) is 17.9. The van der Waals surface area contributed by atoms with Crippen LogP contribution in [0.25, 0.3) is 0 Å². The van der Waals surface area contributed by atoms with Gasteiger partial charge in [0.25, 0.3) is 5.91 Å². The maximum atomic E-state index is 13.5. The topological polar surface area (TPSA) is 29.1 Å². The number of carbonyl (C=O) groups excluding carboxylic acids is 1. The molecule has 0 bridgehead atoms. The van der Waals surface area contributed by atoms with Crippen molar-refractivity contribution >= 4 is 17.5 Å². The molecule has 2 nitrogen and oxygen atoms in total. The molecule has 2 aromatic rings. The van der Waals surface area contributed by atoms with Crippen LogP contribution in [0.3, 0.4) is 0 Å². The Morgan fingerprint density at radius 1 is 0.926 bits per heavy atom. The highest BCUT2D eigenvalue weighted by Crippen LogP contribution is 2.38. The summed E-state index contributed by atoms with van der Waals surface area (Å²) in [5, 5.41) is 3.37. The number of nitrogens with one attached hydrogen (secondary N) is 1. The molecular formula is C23H33ClFNO. The first-order valence-corrected chi connectivity index (χ1v) is 10.1. The van der Waals surface area contributed by atoms with Crippen LogP contribution in [-0.4, -0.2) is 5.91 Å². The molecule has 2 aromatic carbocycles. The maximum absolute atomic E-state index is 13.5. The van der Waals surface area contributed by atoms with E-state index in [0.717, 1.165) is 22.3 Å². The van der Waals surface area contributed by atoms with Gasteiger partial charge in [-0.25, -0.2) is 4.39 Å². The van der Waals surface area contributed by atoms with Crippen molar-refractivity contribution in [1.29, 1.82) is 0 Å². The third-order valence-corrected chi connectivity index (χ3v) is 4.50. The van der Waals surface area contributed by atoms with E-state index in [-0.39, 0.29) is 11.7 Å². The van der Waals surface area contributed by atoms with Gasteiger partial charge in [0.05, 0.1) is 6.04 Å². The molecule has 1 aliphatic rings. The standard InChI is InChI=1S/C17H15ClFNO.3C2H6/c1-8-6-9(2)14-15(10(8)3)17(21)20-16(14)12-7-11(19)4-5-13(12)18;3*1-2/h4-7,16H,1-3H3,(H,20,21);3*1-2H3/t16-;;;/m1.../s1. The third kappa shape index (κ3) is 5.32. The Bertz CT molecular complexity index is 771. The molecule has 0 spiro atoms. The van der Waals surface area contributed by atoms with Crippen LogP contribution >= 0.6 is 11.6 Å². The van der Waals surface area contributed by atoms with Crippen molar-refractivity contribution in [2.75, 3.05) is 0 Å². The predicted molar refractivity (Wildman–Crippen MR) is 115 cm³/mol. The molecule has 1 heterocycles. The average molecular weight is 394 g/mol. The quantitative estimate of drug-likeness (QED) is 0.540. The Balaban J connectivity index is 0.00000103. The Morgan fingerprint density at radius 3 is 2.04 bits per heavy atom. The molecule has 27 heavy (non-hydrogen) atoms. The zero-order chi connectivity index (χ0) is 21.3. The summed E-state index contributed by atoms with van der Waals surface area (Å²) in [4.78, 5) is 12.3. The second-order valence-electron chi connectivity index (χ2n) is 5.50. The molecule has 0 aromatic heterocycles. The number of hydrogen-bond acceptors (Lipinski definition) is 1. The van der Waals surface area contributed by atoms with E-state index < -0.39 is 6.04 Å². The Kier molecular flexibility index (Phi) is 10.9. The van der Waals surface area contributed by atoms with E-state index >= 15 is 0 Å². The molecule has 0 saturated carbocycles. The van der Waals surface area contributed by atoms with Crippen LogP contribution < -0.4 is 5.32 Å². The second-order valence-corrected chi connectivity index (χ2v) is 5.90. The number of benzene rings is 2. The van der Waals surface area contributed by atoms with E-state index in [2.05, 4.69) is 11.4 Å². The van der Waals surface area contributed by atoms with Gasteiger partial charge < -0.3 is 5.32 Å². The van der Waals surface area contributed by atoms with Crippen LogP contribution in [0.2, 0.25) is 5.02 Å². The van der Waals surface area contributed by atoms with Crippen LogP contribution in [0.4, 0.5) is 4.39 Å². The molecule has 0 radical (unpaired) electrons. The minimum atomic E-state index is -0.394. The van der Waals surface area contributed by atoms with Gasteiger partial charge in [0.2, 0.25) is 0 Å². The van der Waals surface area contributed by atoms with Crippen molar-refractivity contribution in [2.45, 2.75) is 68.4 Å². The summed E-state index contributed by atoms with van der Waals surface area (Å²) in [5.41, 5.74) is 5.23. The zero-order valence-corrected chi connectivity index (χ0v) is 18.8. The SMILES string of the molecule is CC.CC.CC.Cc1cc(C)c2c(c1C)C(=O)N[C@@H]2c1cc(F)ccc1Cl. The Morgan fingerprint density at radius 2 is 1.48 bits per heavy atom. The van der Waals surface area contributed by atoms with E-state index in [1.807, 2.05) is 62.3 Å². The van der Waals surface area contributed by atoms with Gasteiger partial charge in [0.15, 0.2) is 0 Å². The van der Waals surface area contributed by atoms with Crippen LogP contribution in [0.5, 0.6) is 0 Å². The van der Waals surface area contributed by atoms with Crippen LogP contribution in [0, 0.1) is 26.6 Å². The summed E-state index contributed by atoms with van der Waals surface area (Å²) in [6, 6.07) is 5.88. The van der Waals surface area contributed by atoms with E-state index in [4.69, 9.17) is 11.6 Å². The lowest BCUT2D eigenvalue weighted by molar-refractivity contribution is 0.0960. The fourth-order valence-electron chi connectivity index (χ4n) is 3.02. The molecule has 4 heteroatoms. The van der Waals surface area contributed by atoms with E-state index in [9.17, 15) is 9.18 Å². The number of amides is 1. The lowest BCUT2D eigenvalue weighted by Gasteiger charge is -2.17. The fourth-order valence-corrected chi connectivity index (χ4v) is 3.24. The molecule has 1 atom stereocenters. The van der Waals surface area contributed by atoms with Crippen LogP contribution in [-0.2, 0) is 0 Å². The van der Waals surface area contributed by atoms with Crippen molar-refractivity contribution in [3.8, 4) is 0 Å². The Hall–Kier alpha value is -1.87. The normalized spacial score (nSPS) is 13.7. The molecule has 0 aliphatic carbocycles. The smallest absolute Gasteiger partial charge is 0.252 e. The first-order valence-electron chi connectivity index (χ1n) is 9.76. The lowest BCUT2D eigenvalue weighted by Crippen LogP contribution is -2.20. The van der Waals surface area contributed by atoms with Crippen molar-refractivity contribution in [1.82, 2.24) is 5.32 Å². The van der Waals surface area contributed by atoms with Crippen LogP contribution in [0.1, 0.15) is 85.8 Å². The van der Waals surface area contributed by atoms with Gasteiger partial charge in [-0.2, -0.15) is 0 Å². The number of carbonyl (C=O) groups is 1. The second kappa shape index (κ2) is 11.8. The van der Waals surface area contributed by atoms with E-state index in [1.165, 1.54) is 18.2 Å². The highest BCUT2D eigenvalue weighted by Gasteiger charge is 2.34. The molecule has 150 valence electrons. The fraction of sp³-hybridized carbons (Fsp3) is 0.435. The summed E-state index contributed by atoms with van der Waals surface area (Å²) >= 11 is 6.20. The summed E-state index contributed by atoms with van der Waals surface area (Å²) < 4.78 is 13.5. The third-order valence-electron chi connectivity index (χ3n) is 4.15. The minimum Gasteiger partial charge on any atom is -0.341 e. The van der Waals surface area contributed by atoms with Gasteiger partial charge in [-0.1, -0.05) is 59.2 Å². The van der Waals surface area contributed by atoms with Crippen LogP contribution in [0.15, 0.2) is 24.3 Å². The zero-order valence-electron chi connectivity index (χ0n) is 18.1. The van der Waals surface area contributed by atoms with Crippen molar-refractivity contribution in [3.63, 3.8) is 0 Å². The number of rotatable bonds is 1. The molecule has 1 aliphatic heterocycles. The number of fused-ring (bicyclic) bond motifs is 1. The van der Waals surface area contributed by atoms with Gasteiger partial charge in [0.1, 0.15) is 5.82 Å². The lowest BCUT2D eigenvalue weighted by atomic mass is 9.89. The number of aryl methyl sites for hydroxylation is 2. The number of hydrogen-bond donors (Lipinski definition) is 1. The van der Waals surface area contributed by atoms with Crippen molar-refractivity contribution < 1.29 is 9.18 Å². The summed E-state index contributed by atoms with van der Waals surface area (Å²) in [7, 11) is 0. The van der Waals surface area contributed by atoms with Gasteiger partial charge in [-0.3, -0.25) is 4.79 Å². The first kappa shape index (κ1) is 25.1. The van der Waals surface area contributed by atoms with Gasteiger partial charge in [-0.05, 0) is 61.2 Å². The van der Waals surface area contributed by atoms with Gasteiger partial charge in [-0.15, -0.1) is 0 Å². The van der Waals surface area contributed by atoms with Crippen molar-refractivity contribution in [3.05, 3.63) is 68.5 Å². The van der Waals surface area contributed by atoms with Crippen molar-refractivity contribution in [2.24, 2.45) is 0 Å². The maximum Gasteiger partial charge on any atom is 0.252 e. The predicted octanol–water partition coefficient (Wildman–Crippen LogP) is 7.32. The van der Waals surface area contributed by atoms with E-state index in [0.29, 0.717) is 16.1 Å². The Labute approximate surface area is 169 Å². The molecule has 0 saturated heterocycles. The summed E-state index contributed by atoms with van der Waals surface area (Å²) in [6.07, 6.45) is 0. The highest BCUT2D eigenvalue weighted by atomic mass is 35.5.